The number of amides is 1. The fourth-order valence-electron chi connectivity index (χ4n) is 2.54. The Bertz CT molecular complexity index is 973. The molecule has 2 aromatic heterocycles. The van der Waals surface area contributed by atoms with Gasteiger partial charge in [-0.15, -0.1) is 11.3 Å². The summed E-state index contributed by atoms with van der Waals surface area (Å²) in [6.45, 7) is 2.19. The first-order chi connectivity index (χ1) is 11.6. The molecule has 2 heterocycles. The number of hydrogen-bond acceptors (Lipinski definition) is 4. The van der Waals surface area contributed by atoms with Gasteiger partial charge in [-0.25, -0.2) is 0 Å². The Morgan fingerprint density at radius 2 is 2.12 bits per heavy atom. The molecule has 2 N–H and O–H groups in total. The van der Waals surface area contributed by atoms with Crippen LogP contribution < -0.4 is 10.9 Å². The Morgan fingerprint density at radius 3 is 2.88 bits per heavy atom. The molecular weight excluding hydrogens is 342 g/mol. The highest BCUT2D eigenvalue weighted by atomic mass is 32.1. The molecule has 1 amide bonds. The van der Waals surface area contributed by atoms with Gasteiger partial charge in [0.15, 0.2) is 4.77 Å². The maximum absolute atomic E-state index is 12.5. The zero-order chi connectivity index (χ0) is 17.1. The lowest BCUT2D eigenvalue weighted by molar-refractivity contribution is -0.121. The maximum atomic E-state index is 12.5. The topological polar surface area (TPSA) is 66.9 Å². The second-order valence-corrected chi connectivity index (χ2v) is 6.85. The summed E-state index contributed by atoms with van der Waals surface area (Å²) >= 11 is 6.85. The smallest absolute Gasteiger partial charge is 0.262 e. The molecule has 3 aromatic rings. The summed E-state index contributed by atoms with van der Waals surface area (Å²) in [6.07, 6.45) is 0.200. The Labute approximate surface area is 148 Å². The summed E-state index contributed by atoms with van der Waals surface area (Å²) in [5.41, 5.74) is 0.535. The number of hydrogen-bond donors (Lipinski definition) is 2. The van der Waals surface area contributed by atoms with Crippen LogP contribution in [0.25, 0.3) is 10.9 Å². The van der Waals surface area contributed by atoms with Crippen molar-refractivity contribution in [2.45, 2.75) is 25.9 Å². The molecule has 0 radical (unpaired) electrons. The van der Waals surface area contributed by atoms with Crippen LogP contribution >= 0.6 is 23.6 Å². The van der Waals surface area contributed by atoms with Crippen molar-refractivity contribution in [1.29, 1.82) is 0 Å². The molecule has 0 bridgehead atoms. The molecular formula is C17H17N3O2S2. The number of carbonyl (C=O) groups excluding carboxylic acids is 1. The number of carbonyl (C=O) groups is 1. The van der Waals surface area contributed by atoms with E-state index >= 15 is 0 Å². The molecule has 124 valence electrons. The first-order valence-corrected chi connectivity index (χ1v) is 8.89. The quantitative estimate of drug-likeness (QED) is 0.686. The van der Waals surface area contributed by atoms with Gasteiger partial charge in [0, 0.05) is 17.8 Å². The van der Waals surface area contributed by atoms with Crippen LogP contribution in [0.4, 0.5) is 0 Å². The predicted molar refractivity (Wildman–Crippen MR) is 98.9 cm³/mol. The van der Waals surface area contributed by atoms with Gasteiger partial charge in [0.1, 0.15) is 0 Å². The lowest BCUT2D eigenvalue weighted by Crippen LogP contribution is -2.29. The number of aromatic amines is 1. The summed E-state index contributed by atoms with van der Waals surface area (Å²) in [5, 5.41) is 5.49. The molecule has 3 rings (SSSR count). The van der Waals surface area contributed by atoms with Crippen molar-refractivity contribution >= 4 is 40.4 Å². The number of H-pyrrole nitrogens is 1. The SMILES string of the molecule is CC(NC(=O)CCn1c(=S)[nH]c2ccccc2c1=O)c1cccs1. The van der Waals surface area contributed by atoms with Crippen LogP contribution in [0.15, 0.2) is 46.6 Å². The molecule has 0 aliphatic heterocycles. The Morgan fingerprint density at radius 1 is 1.33 bits per heavy atom. The van der Waals surface area contributed by atoms with E-state index in [1.54, 1.807) is 23.5 Å². The lowest BCUT2D eigenvalue weighted by Gasteiger charge is -2.13. The van der Waals surface area contributed by atoms with Gasteiger partial charge < -0.3 is 10.3 Å². The fraction of sp³-hybridized carbons (Fsp3) is 0.235. The van der Waals surface area contributed by atoms with E-state index in [2.05, 4.69) is 10.3 Å². The lowest BCUT2D eigenvalue weighted by atomic mass is 10.2. The number of benzene rings is 1. The van der Waals surface area contributed by atoms with Crippen LogP contribution in [0.3, 0.4) is 0 Å². The average Bonchev–Trinajstić information content (AvgIpc) is 3.09. The maximum Gasteiger partial charge on any atom is 0.262 e. The number of para-hydroxylation sites is 1. The van der Waals surface area contributed by atoms with Crippen LogP contribution in [0.1, 0.15) is 24.3 Å². The second-order valence-electron chi connectivity index (χ2n) is 5.49. The summed E-state index contributed by atoms with van der Waals surface area (Å²) < 4.78 is 1.77. The third-order valence-electron chi connectivity index (χ3n) is 3.80. The van der Waals surface area contributed by atoms with Gasteiger partial charge in [-0.3, -0.25) is 14.2 Å². The highest BCUT2D eigenvalue weighted by Gasteiger charge is 2.12. The summed E-state index contributed by atoms with van der Waals surface area (Å²) in [6, 6.07) is 11.1. The van der Waals surface area contributed by atoms with Crippen molar-refractivity contribution in [2.24, 2.45) is 0 Å². The molecule has 0 spiro atoms. The molecule has 5 nitrogen and oxygen atoms in total. The zero-order valence-electron chi connectivity index (χ0n) is 13.1. The molecule has 0 saturated carbocycles. The Balaban J connectivity index is 1.73. The third kappa shape index (κ3) is 3.47. The summed E-state index contributed by atoms with van der Waals surface area (Å²) in [5.74, 6) is -0.106. The highest BCUT2D eigenvalue weighted by molar-refractivity contribution is 7.71. The summed E-state index contributed by atoms with van der Waals surface area (Å²) in [4.78, 5) is 28.8. The van der Waals surface area contributed by atoms with E-state index in [0.717, 1.165) is 4.88 Å². The number of rotatable bonds is 5. The molecule has 0 aliphatic carbocycles. The third-order valence-corrected chi connectivity index (χ3v) is 5.18. The molecule has 0 aliphatic rings. The van der Waals surface area contributed by atoms with Crippen LogP contribution in [-0.2, 0) is 11.3 Å². The molecule has 0 saturated heterocycles. The predicted octanol–water partition coefficient (Wildman–Crippen LogP) is 3.39. The van der Waals surface area contributed by atoms with E-state index in [4.69, 9.17) is 12.2 Å². The van der Waals surface area contributed by atoms with Gasteiger partial charge in [0.2, 0.25) is 5.91 Å². The van der Waals surface area contributed by atoms with Gasteiger partial charge in [-0.1, -0.05) is 18.2 Å². The van der Waals surface area contributed by atoms with Crippen LogP contribution in [-0.4, -0.2) is 15.5 Å². The van der Waals surface area contributed by atoms with E-state index in [9.17, 15) is 9.59 Å². The van der Waals surface area contributed by atoms with Crippen LogP contribution in [0.5, 0.6) is 0 Å². The van der Waals surface area contributed by atoms with Gasteiger partial charge in [-0.05, 0) is 42.7 Å². The van der Waals surface area contributed by atoms with Crippen molar-refractivity contribution in [3.05, 3.63) is 61.8 Å². The van der Waals surface area contributed by atoms with Crippen molar-refractivity contribution in [3.8, 4) is 0 Å². The van der Waals surface area contributed by atoms with E-state index in [1.165, 1.54) is 4.57 Å². The van der Waals surface area contributed by atoms with Crippen LogP contribution in [0.2, 0.25) is 0 Å². The highest BCUT2D eigenvalue weighted by Crippen LogP contribution is 2.18. The molecule has 7 heteroatoms. The largest absolute Gasteiger partial charge is 0.349 e. The normalized spacial score (nSPS) is 12.2. The molecule has 1 aromatic carbocycles. The molecule has 1 atom stereocenters. The average molecular weight is 359 g/mol. The van der Waals surface area contributed by atoms with Gasteiger partial charge in [-0.2, -0.15) is 0 Å². The monoisotopic (exact) mass is 359 g/mol. The number of aromatic nitrogens is 2. The molecule has 24 heavy (non-hydrogen) atoms. The standard InChI is InChI=1S/C17H17N3O2S2/c1-11(14-7-4-10-24-14)18-15(21)8-9-20-16(22)12-5-2-3-6-13(12)19-17(20)23/h2-7,10-11H,8-9H2,1H3,(H,18,21)(H,19,23). The number of nitrogens with one attached hydrogen (secondary N) is 2. The second kappa shape index (κ2) is 7.11. The summed E-state index contributed by atoms with van der Waals surface area (Å²) in [7, 11) is 0. The number of nitrogens with zero attached hydrogens (tertiary/aromatic N) is 1. The minimum absolute atomic E-state index is 0.0413. The first kappa shape index (κ1) is 16.6. The van der Waals surface area contributed by atoms with E-state index < -0.39 is 0 Å². The van der Waals surface area contributed by atoms with Crippen molar-refractivity contribution in [2.75, 3.05) is 0 Å². The Kier molecular flexibility index (Phi) is 4.92. The molecule has 1 unspecified atom stereocenters. The van der Waals surface area contributed by atoms with Gasteiger partial charge >= 0.3 is 0 Å². The van der Waals surface area contributed by atoms with Gasteiger partial charge in [0.05, 0.1) is 16.9 Å². The number of fused-ring (bicyclic) bond motifs is 1. The first-order valence-electron chi connectivity index (χ1n) is 7.61. The Hall–Kier alpha value is -2.25. The fourth-order valence-corrected chi connectivity index (χ4v) is 3.56. The zero-order valence-corrected chi connectivity index (χ0v) is 14.7. The van der Waals surface area contributed by atoms with E-state index in [0.29, 0.717) is 15.7 Å². The van der Waals surface area contributed by atoms with Crippen LogP contribution in [0, 0.1) is 4.77 Å². The van der Waals surface area contributed by atoms with E-state index in [1.807, 2.05) is 36.6 Å². The van der Waals surface area contributed by atoms with Crippen molar-refractivity contribution < 1.29 is 4.79 Å². The van der Waals surface area contributed by atoms with Gasteiger partial charge in [0.25, 0.3) is 5.56 Å². The van der Waals surface area contributed by atoms with Crippen molar-refractivity contribution in [3.63, 3.8) is 0 Å². The molecule has 0 fully saturated rings. The van der Waals surface area contributed by atoms with E-state index in [-0.39, 0.29) is 30.5 Å². The minimum atomic E-state index is -0.173. The van der Waals surface area contributed by atoms with Crippen molar-refractivity contribution in [1.82, 2.24) is 14.9 Å². The minimum Gasteiger partial charge on any atom is -0.349 e. The number of thiophene rings is 1.